The normalized spacial score (nSPS) is 10.5. The van der Waals surface area contributed by atoms with Crippen LogP contribution in [0.4, 0.5) is 0 Å². The molecule has 0 unspecified atom stereocenters. The van der Waals surface area contributed by atoms with Gasteiger partial charge in [0, 0.05) is 15.4 Å². The van der Waals surface area contributed by atoms with Crippen LogP contribution in [0.15, 0.2) is 34.1 Å². The van der Waals surface area contributed by atoms with Gasteiger partial charge in [-0.2, -0.15) is 0 Å². The van der Waals surface area contributed by atoms with Crippen LogP contribution in [-0.2, 0) is 11.9 Å². The largest absolute Gasteiger partial charge is 0.490 e. The molecule has 2 rings (SSSR count). The Morgan fingerprint density at radius 2 is 2.05 bits per heavy atom. The Morgan fingerprint density at radius 1 is 1.21 bits per heavy atom. The van der Waals surface area contributed by atoms with Gasteiger partial charge >= 0.3 is 0 Å². The smallest absolute Gasteiger partial charge is 0.165 e. The van der Waals surface area contributed by atoms with Gasteiger partial charge in [0.05, 0.1) is 11.5 Å². The summed E-state index contributed by atoms with van der Waals surface area (Å²) in [7, 11) is 0. The molecule has 0 saturated heterocycles. The molecular formula is C14H14Br2O2S. The van der Waals surface area contributed by atoms with Gasteiger partial charge in [-0.1, -0.05) is 28.1 Å². The van der Waals surface area contributed by atoms with E-state index in [1.807, 2.05) is 36.6 Å². The molecule has 19 heavy (non-hydrogen) atoms. The molecule has 2 aromatic rings. The van der Waals surface area contributed by atoms with Gasteiger partial charge in [0.2, 0.25) is 0 Å². The first kappa shape index (κ1) is 14.9. The van der Waals surface area contributed by atoms with Crippen LogP contribution in [0, 0.1) is 0 Å². The first-order valence-electron chi connectivity index (χ1n) is 5.91. The first-order chi connectivity index (χ1) is 9.26. The zero-order valence-electron chi connectivity index (χ0n) is 10.5. The Hall–Kier alpha value is -0.520. The molecule has 0 spiro atoms. The number of para-hydroxylation sites is 1. The highest BCUT2D eigenvalue weighted by Crippen LogP contribution is 2.34. The molecular weight excluding hydrogens is 392 g/mol. The lowest BCUT2D eigenvalue weighted by molar-refractivity contribution is 0.269. The Labute approximate surface area is 134 Å². The van der Waals surface area contributed by atoms with Crippen molar-refractivity contribution in [2.24, 2.45) is 0 Å². The molecule has 0 amide bonds. The minimum atomic E-state index is 0.544. The summed E-state index contributed by atoms with van der Waals surface area (Å²) in [6.45, 7) is 3.15. The van der Waals surface area contributed by atoms with E-state index in [0.29, 0.717) is 13.2 Å². The van der Waals surface area contributed by atoms with Crippen LogP contribution in [-0.4, -0.2) is 6.61 Å². The van der Waals surface area contributed by atoms with Crippen LogP contribution in [0.3, 0.4) is 0 Å². The lowest BCUT2D eigenvalue weighted by Gasteiger charge is -2.14. The second-order valence-electron chi connectivity index (χ2n) is 3.79. The highest BCUT2D eigenvalue weighted by atomic mass is 79.9. The summed E-state index contributed by atoms with van der Waals surface area (Å²) in [4.78, 5) is 1.17. The molecule has 0 saturated carbocycles. The van der Waals surface area contributed by atoms with E-state index in [4.69, 9.17) is 9.47 Å². The minimum absolute atomic E-state index is 0.544. The van der Waals surface area contributed by atoms with Crippen molar-refractivity contribution in [3.63, 3.8) is 0 Å². The Bertz CT molecular complexity index is 540. The van der Waals surface area contributed by atoms with Gasteiger partial charge in [-0.25, -0.2) is 0 Å². The number of hydrogen-bond donors (Lipinski definition) is 0. The van der Waals surface area contributed by atoms with Crippen LogP contribution < -0.4 is 9.47 Å². The lowest BCUT2D eigenvalue weighted by atomic mass is 10.2. The Kier molecular flexibility index (Phi) is 5.73. The zero-order valence-corrected chi connectivity index (χ0v) is 14.5. The van der Waals surface area contributed by atoms with Crippen LogP contribution in [0.5, 0.6) is 11.5 Å². The van der Waals surface area contributed by atoms with E-state index >= 15 is 0 Å². The molecule has 0 bridgehead atoms. The van der Waals surface area contributed by atoms with Gasteiger partial charge in [-0.05, 0) is 40.4 Å². The van der Waals surface area contributed by atoms with Crippen LogP contribution >= 0.6 is 43.2 Å². The fraction of sp³-hybridized carbons (Fsp3) is 0.286. The summed E-state index contributed by atoms with van der Waals surface area (Å²) >= 11 is 8.68. The number of ether oxygens (including phenoxy) is 2. The average Bonchev–Trinajstić information content (AvgIpc) is 2.83. The molecule has 1 heterocycles. The third kappa shape index (κ3) is 3.74. The molecule has 0 atom stereocenters. The third-order valence-corrected chi connectivity index (χ3v) is 5.05. The van der Waals surface area contributed by atoms with Crippen LogP contribution in [0.1, 0.15) is 17.4 Å². The van der Waals surface area contributed by atoms with Crippen molar-refractivity contribution in [2.75, 3.05) is 6.61 Å². The van der Waals surface area contributed by atoms with Crippen molar-refractivity contribution in [3.05, 3.63) is 44.6 Å². The molecule has 0 aliphatic heterocycles. The van der Waals surface area contributed by atoms with Gasteiger partial charge in [0.25, 0.3) is 0 Å². The fourth-order valence-electron chi connectivity index (χ4n) is 1.67. The monoisotopic (exact) mass is 404 g/mol. The number of thiophene rings is 1. The SMILES string of the molecule is CCOc1cccc(CBr)c1OCc1sccc1Br. The molecule has 0 aliphatic carbocycles. The summed E-state index contributed by atoms with van der Waals surface area (Å²) in [5.74, 6) is 1.62. The maximum atomic E-state index is 5.96. The molecule has 5 heteroatoms. The summed E-state index contributed by atoms with van der Waals surface area (Å²) in [6, 6.07) is 7.99. The van der Waals surface area contributed by atoms with Crippen LogP contribution in [0.25, 0.3) is 0 Å². The van der Waals surface area contributed by atoms with Crippen molar-refractivity contribution < 1.29 is 9.47 Å². The number of benzene rings is 1. The molecule has 1 aromatic heterocycles. The third-order valence-electron chi connectivity index (χ3n) is 2.54. The van der Waals surface area contributed by atoms with Crippen molar-refractivity contribution in [3.8, 4) is 11.5 Å². The van der Waals surface area contributed by atoms with E-state index in [-0.39, 0.29) is 0 Å². The van der Waals surface area contributed by atoms with E-state index < -0.39 is 0 Å². The lowest BCUT2D eigenvalue weighted by Crippen LogP contribution is -2.01. The maximum absolute atomic E-state index is 5.96. The molecule has 0 fully saturated rings. The van der Waals surface area contributed by atoms with E-state index in [0.717, 1.165) is 26.9 Å². The van der Waals surface area contributed by atoms with Gasteiger partial charge in [-0.3, -0.25) is 0 Å². The Morgan fingerprint density at radius 3 is 2.68 bits per heavy atom. The maximum Gasteiger partial charge on any atom is 0.165 e. The van der Waals surface area contributed by atoms with E-state index in [1.165, 1.54) is 4.88 Å². The number of halogens is 2. The first-order valence-corrected chi connectivity index (χ1v) is 8.71. The molecule has 102 valence electrons. The standard InChI is InChI=1S/C14H14Br2O2S/c1-2-17-12-5-3-4-10(8-15)14(12)18-9-13-11(16)6-7-19-13/h3-7H,2,8-9H2,1H3. The molecule has 0 aliphatic rings. The van der Waals surface area contributed by atoms with Gasteiger partial charge in [0.15, 0.2) is 11.5 Å². The quantitative estimate of drug-likeness (QED) is 0.600. The number of alkyl halides is 1. The molecule has 0 radical (unpaired) electrons. The van der Waals surface area contributed by atoms with Gasteiger partial charge < -0.3 is 9.47 Å². The highest BCUT2D eigenvalue weighted by Gasteiger charge is 2.11. The van der Waals surface area contributed by atoms with Gasteiger partial charge in [-0.15, -0.1) is 11.3 Å². The summed E-state index contributed by atoms with van der Waals surface area (Å²) in [5, 5.41) is 2.79. The van der Waals surface area contributed by atoms with E-state index in [1.54, 1.807) is 11.3 Å². The second kappa shape index (κ2) is 7.31. The summed E-state index contributed by atoms with van der Waals surface area (Å²) in [6.07, 6.45) is 0. The van der Waals surface area contributed by atoms with Crippen molar-refractivity contribution in [2.45, 2.75) is 18.9 Å². The van der Waals surface area contributed by atoms with Crippen molar-refractivity contribution in [1.82, 2.24) is 0 Å². The Balaban J connectivity index is 2.20. The molecule has 0 N–H and O–H groups in total. The van der Waals surface area contributed by atoms with Crippen molar-refractivity contribution in [1.29, 1.82) is 0 Å². The second-order valence-corrected chi connectivity index (χ2v) is 6.21. The fourth-order valence-corrected chi connectivity index (χ4v) is 3.48. The van der Waals surface area contributed by atoms with Crippen molar-refractivity contribution >= 4 is 43.2 Å². The predicted octanol–water partition coefficient (Wildman–Crippen LogP) is 5.38. The van der Waals surface area contributed by atoms with Gasteiger partial charge in [0.1, 0.15) is 6.61 Å². The zero-order chi connectivity index (χ0) is 13.7. The minimum Gasteiger partial charge on any atom is -0.490 e. The summed E-state index contributed by atoms with van der Waals surface area (Å²) in [5.41, 5.74) is 1.10. The van der Waals surface area contributed by atoms with Crippen LogP contribution in [0.2, 0.25) is 0 Å². The van der Waals surface area contributed by atoms with E-state index in [9.17, 15) is 0 Å². The predicted molar refractivity (Wildman–Crippen MR) is 86.6 cm³/mol. The topological polar surface area (TPSA) is 18.5 Å². The molecule has 2 nitrogen and oxygen atoms in total. The molecule has 1 aromatic carbocycles. The number of hydrogen-bond acceptors (Lipinski definition) is 3. The van der Waals surface area contributed by atoms with E-state index in [2.05, 4.69) is 31.9 Å². The highest BCUT2D eigenvalue weighted by molar-refractivity contribution is 9.10. The average molecular weight is 406 g/mol. The summed E-state index contributed by atoms with van der Waals surface area (Å²) < 4.78 is 12.7. The number of rotatable bonds is 6.